The number of aromatic nitrogens is 1. The molecule has 2 unspecified atom stereocenters. The second-order valence-corrected chi connectivity index (χ2v) is 10.6. The predicted octanol–water partition coefficient (Wildman–Crippen LogP) is 4.53. The number of amides is 1. The minimum absolute atomic E-state index is 0.0137. The molecule has 0 saturated carbocycles. The van der Waals surface area contributed by atoms with Gasteiger partial charge in [-0.15, -0.1) is 0 Å². The first kappa shape index (κ1) is 26.7. The molecule has 4 aromatic rings. The molecule has 1 fully saturated rings. The molecule has 1 aliphatic heterocycles. The first-order valence-electron chi connectivity index (χ1n) is 13.5. The maximum atomic E-state index is 13.4. The van der Waals surface area contributed by atoms with E-state index >= 15 is 0 Å². The minimum atomic E-state index is -0.351. The largest absolute Gasteiger partial charge is 0.361 e. The van der Waals surface area contributed by atoms with Crippen molar-refractivity contribution in [3.8, 4) is 11.8 Å². The number of rotatable bonds is 8. The van der Waals surface area contributed by atoms with Crippen molar-refractivity contribution in [1.29, 1.82) is 0 Å². The number of hydrogen-bond donors (Lipinski definition) is 2. The first-order valence-corrected chi connectivity index (χ1v) is 13.5. The van der Waals surface area contributed by atoms with E-state index in [1.54, 1.807) is 0 Å². The number of carbonyl (C=O) groups is 1. The van der Waals surface area contributed by atoms with Gasteiger partial charge >= 0.3 is 0 Å². The summed E-state index contributed by atoms with van der Waals surface area (Å²) in [6.07, 6.45) is 2.80. The van der Waals surface area contributed by atoms with E-state index in [0.717, 1.165) is 35.2 Å². The Bertz CT molecular complexity index is 1460. The maximum absolute atomic E-state index is 13.4. The molecule has 39 heavy (non-hydrogen) atoms. The van der Waals surface area contributed by atoms with Gasteiger partial charge in [-0.3, -0.25) is 9.63 Å². The fraction of sp³-hybridized carbons (Fsp3) is 0.303. The molecular formula is C33H36N4O2. The molecule has 200 valence electrons. The molecule has 1 aromatic heterocycles. The normalized spacial score (nSPS) is 17.3. The number of fused-ring (bicyclic) bond motifs is 1. The van der Waals surface area contributed by atoms with Crippen LogP contribution in [0.25, 0.3) is 10.9 Å². The SMILES string of the molecule is Cc1ccc(C#Cc2ccc(CN3OCC(CN(C)C)C3C(=O)NCCc3c[nH]c4ccccc34)cc2)cc1. The Morgan fingerprint density at radius 1 is 1.03 bits per heavy atom. The van der Waals surface area contributed by atoms with Crippen LogP contribution >= 0.6 is 0 Å². The van der Waals surface area contributed by atoms with Gasteiger partial charge in [0.25, 0.3) is 0 Å². The molecule has 2 atom stereocenters. The highest BCUT2D eigenvalue weighted by Gasteiger charge is 2.40. The first-order chi connectivity index (χ1) is 19.0. The Labute approximate surface area is 230 Å². The van der Waals surface area contributed by atoms with Gasteiger partial charge in [0.2, 0.25) is 5.91 Å². The summed E-state index contributed by atoms with van der Waals surface area (Å²) >= 11 is 0. The summed E-state index contributed by atoms with van der Waals surface area (Å²) in [5.41, 5.74) is 6.59. The van der Waals surface area contributed by atoms with E-state index in [-0.39, 0.29) is 17.9 Å². The number of hydroxylamine groups is 2. The zero-order chi connectivity index (χ0) is 27.2. The number of H-pyrrole nitrogens is 1. The van der Waals surface area contributed by atoms with E-state index in [2.05, 4.69) is 70.4 Å². The smallest absolute Gasteiger partial charge is 0.240 e. The van der Waals surface area contributed by atoms with Crippen molar-refractivity contribution in [3.05, 3.63) is 107 Å². The molecular weight excluding hydrogens is 484 g/mol. The molecule has 1 amide bonds. The Balaban J connectivity index is 1.22. The van der Waals surface area contributed by atoms with Gasteiger partial charge in [0, 0.05) is 47.2 Å². The van der Waals surface area contributed by atoms with Crippen LogP contribution in [-0.2, 0) is 22.6 Å². The third-order valence-electron chi connectivity index (χ3n) is 7.14. The van der Waals surface area contributed by atoms with E-state index in [4.69, 9.17) is 4.84 Å². The predicted molar refractivity (Wildman–Crippen MR) is 156 cm³/mol. The van der Waals surface area contributed by atoms with E-state index in [1.165, 1.54) is 16.5 Å². The zero-order valence-electron chi connectivity index (χ0n) is 22.9. The summed E-state index contributed by atoms with van der Waals surface area (Å²) in [7, 11) is 4.07. The van der Waals surface area contributed by atoms with Crippen molar-refractivity contribution >= 4 is 16.8 Å². The van der Waals surface area contributed by atoms with Crippen LogP contribution in [0.5, 0.6) is 0 Å². The van der Waals surface area contributed by atoms with Crippen molar-refractivity contribution in [2.24, 2.45) is 5.92 Å². The van der Waals surface area contributed by atoms with Gasteiger partial charge in [0.15, 0.2) is 0 Å². The number of aromatic amines is 1. The number of hydrogen-bond acceptors (Lipinski definition) is 4. The van der Waals surface area contributed by atoms with Gasteiger partial charge in [0.1, 0.15) is 6.04 Å². The van der Waals surface area contributed by atoms with Crippen molar-refractivity contribution in [1.82, 2.24) is 20.3 Å². The van der Waals surface area contributed by atoms with E-state index in [0.29, 0.717) is 19.7 Å². The van der Waals surface area contributed by atoms with Crippen LogP contribution in [0.1, 0.15) is 27.8 Å². The second kappa shape index (κ2) is 12.3. The molecule has 2 N–H and O–H groups in total. The number of nitrogens with zero attached hydrogens (tertiary/aromatic N) is 2. The molecule has 0 bridgehead atoms. The third-order valence-corrected chi connectivity index (χ3v) is 7.14. The molecule has 3 aromatic carbocycles. The molecule has 1 saturated heterocycles. The highest BCUT2D eigenvalue weighted by molar-refractivity contribution is 5.84. The van der Waals surface area contributed by atoms with E-state index in [9.17, 15) is 4.79 Å². The summed E-state index contributed by atoms with van der Waals surface area (Å²) in [6.45, 7) is 4.50. The fourth-order valence-corrected chi connectivity index (χ4v) is 5.13. The van der Waals surface area contributed by atoms with Crippen LogP contribution in [0.3, 0.4) is 0 Å². The van der Waals surface area contributed by atoms with Crippen molar-refractivity contribution < 1.29 is 9.63 Å². The van der Waals surface area contributed by atoms with E-state index < -0.39 is 0 Å². The third kappa shape index (κ3) is 6.76. The van der Waals surface area contributed by atoms with Crippen molar-refractivity contribution in [2.45, 2.75) is 25.9 Å². The number of aryl methyl sites for hydroxylation is 1. The summed E-state index contributed by atoms with van der Waals surface area (Å²) < 4.78 is 0. The van der Waals surface area contributed by atoms with Gasteiger partial charge in [-0.25, -0.2) is 0 Å². The van der Waals surface area contributed by atoms with Gasteiger partial charge in [0.05, 0.1) is 13.2 Å². The summed E-state index contributed by atoms with van der Waals surface area (Å²) in [4.78, 5) is 24.9. The molecule has 1 aliphatic rings. The van der Waals surface area contributed by atoms with Crippen LogP contribution < -0.4 is 5.32 Å². The lowest BCUT2D eigenvalue weighted by Gasteiger charge is -2.26. The number of carbonyl (C=O) groups excluding carboxylic acids is 1. The maximum Gasteiger partial charge on any atom is 0.240 e. The molecule has 2 heterocycles. The van der Waals surface area contributed by atoms with Crippen LogP contribution in [0.2, 0.25) is 0 Å². The highest BCUT2D eigenvalue weighted by atomic mass is 16.7. The molecule has 0 radical (unpaired) electrons. The summed E-state index contributed by atoms with van der Waals surface area (Å²) in [5, 5.41) is 6.23. The van der Waals surface area contributed by atoms with Gasteiger partial charge in [-0.05, 0) is 68.9 Å². The number of nitrogens with one attached hydrogen (secondary N) is 2. The second-order valence-electron chi connectivity index (χ2n) is 10.6. The van der Waals surface area contributed by atoms with Crippen LogP contribution in [0, 0.1) is 24.7 Å². The quantitative estimate of drug-likeness (QED) is 0.335. The van der Waals surface area contributed by atoms with Gasteiger partial charge < -0.3 is 15.2 Å². The molecule has 6 heteroatoms. The van der Waals surface area contributed by atoms with Gasteiger partial charge in [-0.1, -0.05) is 59.9 Å². The Kier molecular flexibility index (Phi) is 8.43. The average molecular weight is 521 g/mol. The average Bonchev–Trinajstić information content (AvgIpc) is 3.52. The van der Waals surface area contributed by atoms with Crippen molar-refractivity contribution in [3.63, 3.8) is 0 Å². The molecule has 5 rings (SSSR count). The van der Waals surface area contributed by atoms with Crippen LogP contribution in [0.4, 0.5) is 0 Å². The minimum Gasteiger partial charge on any atom is -0.361 e. The van der Waals surface area contributed by atoms with Crippen molar-refractivity contribution in [2.75, 3.05) is 33.8 Å². The molecule has 6 nitrogen and oxygen atoms in total. The number of benzene rings is 3. The summed E-state index contributed by atoms with van der Waals surface area (Å²) in [6, 6.07) is 24.3. The van der Waals surface area contributed by atoms with Crippen LogP contribution in [-0.4, -0.2) is 60.7 Å². The van der Waals surface area contributed by atoms with Crippen LogP contribution in [0.15, 0.2) is 79.0 Å². The summed E-state index contributed by atoms with van der Waals surface area (Å²) in [5.74, 6) is 6.56. The Morgan fingerprint density at radius 2 is 1.72 bits per heavy atom. The number of para-hydroxylation sites is 1. The Morgan fingerprint density at radius 3 is 2.44 bits per heavy atom. The lowest BCUT2D eigenvalue weighted by Crippen LogP contribution is -2.48. The highest BCUT2D eigenvalue weighted by Crippen LogP contribution is 2.25. The lowest BCUT2D eigenvalue weighted by atomic mass is 9.99. The topological polar surface area (TPSA) is 60.6 Å². The zero-order valence-corrected chi connectivity index (χ0v) is 22.9. The lowest BCUT2D eigenvalue weighted by molar-refractivity contribution is -0.157. The standard InChI is InChI=1S/C33H36N4O2/c1-24-8-10-25(11-9-24)12-13-26-14-16-27(17-15-26)21-37-32(29(23-39-37)22-36(2)3)33(38)34-19-18-28-20-35-31-7-5-4-6-30(28)31/h4-11,14-17,20,29,32,35H,18-19,21-23H2,1-3H3,(H,34,38). The monoisotopic (exact) mass is 520 g/mol. The molecule has 0 aliphatic carbocycles. The van der Waals surface area contributed by atoms with E-state index in [1.807, 2.05) is 61.8 Å². The Hall–Kier alpha value is -3.89. The fourth-order valence-electron chi connectivity index (χ4n) is 5.13. The molecule has 0 spiro atoms. The van der Waals surface area contributed by atoms with Gasteiger partial charge in [-0.2, -0.15) is 5.06 Å².